The Morgan fingerprint density at radius 1 is 1.07 bits per heavy atom. The molecule has 1 aromatic heterocycles. The number of nitrogens with two attached hydrogens (primary N) is 1. The first-order valence-corrected chi connectivity index (χ1v) is 10.1. The zero-order chi connectivity index (χ0) is 19.3. The lowest BCUT2D eigenvalue weighted by atomic mass is 9.87. The van der Waals surface area contributed by atoms with E-state index in [2.05, 4.69) is 51.5 Å². The minimum Gasteiger partial charge on any atom is -0.378 e. The number of H-pyrrole nitrogens is 1. The molecule has 1 unspecified atom stereocenters. The summed E-state index contributed by atoms with van der Waals surface area (Å²) in [5.41, 5.74) is 11.8. The summed E-state index contributed by atoms with van der Waals surface area (Å²) in [7, 11) is 0. The van der Waals surface area contributed by atoms with Crippen LogP contribution in [-0.4, -0.2) is 43.0 Å². The zero-order valence-electron chi connectivity index (χ0n) is 15.8. The van der Waals surface area contributed by atoms with Crippen molar-refractivity contribution >= 4 is 17.3 Å². The molecule has 1 fully saturated rings. The molecule has 3 N–H and O–H groups in total. The van der Waals surface area contributed by atoms with Crippen molar-refractivity contribution in [2.24, 2.45) is 5.73 Å². The van der Waals surface area contributed by atoms with Crippen molar-refractivity contribution < 1.29 is 4.74 Å². The SMILES string of the molecule is NCCC(c1ccc(-c2cn[nH]c2)cc1)c1ccc(Cl)c(N2CCOCC2)c1. The van der Waals surface area contributed by atoms with E-state index in [9.17, 15) is 0 Å². The maximum Gasteiger partial charge on any atom is 0.0642 e. The molecule has 146 valence electrons. The van der Waals surface area contributed by atoms with Gasteiger partial charge in [-0.3, -0.25) is 5.10 Å². The first kappa shape index (κ1) is 19.0. The Balaban J connectivity index is 1.64. The number of rotatable bonds is 6. The highest BCUT2D eigenvalue weighted by atomic mass is 35.5. The number of halogens is 1. The smallest absolute Gasteiger partial charge is 0.0642 e. The molecule has 0 amide bonds. The first-order valence-electron chi connectivity index (χ1n) is 9.67. The highest BCUT2D eigenvalue weighted by Crippen LogP contribution is 2.35. The van der Waals surface area contributed by atoms with E-state index in [4.69, 9.17) is 22.1 Å². The molecule has 6 heteroatoms. The summed E-state index contributed by atoms with van der Waals surface area (Å²) in [5, 5.41) is 7.67. The molecule has 0 spiro atoms. The lowest BCUT2D eigenvalue weighted by Gasteiger charge is -2.30. The number of hydrogen-bond donors (Lipinski definition) is 2. The van der Waals surface area contributed by atoms with Crippen molar-refractivity contribution in [3.05, 3.63) is 71.0 Å². The molecule has 4 rings (SSSR count). The van der Waals surface area contributed by atoms with Gasteiger partial charge in [0.1, 0.15) is 0 Å². The molecule has 2 aromatic carbocycles. The number of morpholine rings is 1. The Labute approximate surface area is 170 Å². The van der Waals surface area contributed by atoms with E-state index < -0.39 is 0 Å². The average molecular weight is 397 g/mol. The summed E-state index contributed by atoms with van der Waals surface area (Å²) >= 11 is 6.52. The Morgan fingerprint density at radius 3 is 2.50 bits per heavy atom. The predicted molar refractivity (Wildman–Crippen MR) is 114 cm³/mol. The number of benzene rings is 2. The molecule has 0 aliphatic carbocycles. The van der Waals surface area contributed by atoms with Gasteiger partial charge in [-0.1, -0.05) is 41.9 Å². The van der Waals surface area contributed by atoms with Crippen molar-refractivity contribution in [2.45, 2.75) is 12.3 Å². The van der Waals surface area contributed by atoms with Crippen LogP contribution in [0.2, 0.25) is 5.02 Å². The molecule has 0 radical (unpaired) electrons. The monoisotopic (exact) mass is 396 g/mol. The van der Waals surface area contributed by atoms with Crippen LogP contribution in [0.25, 0.3) is 11.1 Å². The largest absolute Gasteiger partial charge is 0.378 e. The molecule has 5 nitrogen and oxygen atoms in total. The van der Waals surface area contributed by atoms with E-state index in [1.54, 1.807) is 0 Å². The first-order chi connectivity index (χ1) is 13.8. The van der Waals surface area contributed by atoms with Gasteiger partial charge in [0.25, 0.3) is 0 Å². The van der Waals surface area contributed by atoms with E-state index >= 15 is 0 Å². The molecule has 2 heterocycles. The number of ether oxygens (including phenoxy) is 1. The molecule has 1 saturated heterocycles. The summed E-state index contributed by atoms with van der Waals surface area (Å²) in [4.78, 5) is 2.30. The van der Waals surface area contributed by atoms with Crippen LogP contribution in [0.5, 0.6) is 0 Å². The predicted octanol–water partition coefficient (Wildman–Crippen LogP) is 4.05. The number of anilines is 1. The van der Waals surface area contributed by atoms with Gasteiger partial charge in [-0.25, -0.2) is 0 Å². The third kappa shape index (κ3) is 4.07. The lowest BCUT2D eigenvalue weighted by Crippen LogP contribution is -2.36. The highest BCUT2D eigenvalue weighted by molar-refractivity contribution is 6.33. The van der Waals surface area contributed by atoms with Crippen molar-refractivity contribution in [3.8, 4) is 11.1 Å². The summed E-state index contributed by atoms with van der Waals surface area (Å²) in [6.07, 6.45) is 4.62. The zero-order valence-corrected chi connectivity index (χ0v) is 16.5. The lowest BCUT2D eigenvalue weighted by molar-refractivity contribution is 0.122. The fourth-order valence-electron chi connectivity index (χ4n) is 3.80. The van der Waals surface area contributed by atoms with Crippen molar-refractivity contribution in [2.75, 3.05) is 37.7 Å². The molecule has 1 atom stereocenters. The molecule has 0 saturated carbocycles. The molecule has 28 heavy (non-hydrogen) atoms. The Bertz CT molecular complexity index is 889. The maximum atomic E-state index is 6.52. The third-order valence-corrected chi connectivity index (χ3v) is 5.64. The number of hydrogen-bond acceptors (Lipinski definition) is 4. The molecule has 0 bridgehead atoms. The fourth-order valence-corrected chi connectivity index (χ4v) is 4.04. The normalized spacial score (nSPS) is 15.6. The Morgan fingerprint density at radius 2 is 1.82 bits per heavy atom. The third-order valence-electron chi connectivity index (χ3n) is 5.32. The minimum absolute atomic E-state index is 0.237. The van der Waals surface area contributed by atoms with Crippen molar-refractivity contribution in [1.82, 2.24) is 10.2 Å². The van der Waals surface area contributed by atoms with Gasteiger partial charge >= 0.3 is 0 Å². The Kier molecular flexibility index (Phi) is 5.95. The fraction of sp³-hybridized carbons (Fsp3) is 0.318. The van der Waals surface area contributed by atoms with Crippen LogP contribution in [0, 0.1) is 0 Å². The molecule has 3 aromatic rings. The van der Waals surface area contributed by atoms with Gasteiger partial charge in [0, 0.05) is 30.8 Å². The second-order valence-corrected chi connectivity index (χ2v) is 7.46. The van der Waals surface area contributed by atoms with Crippen LogP contribution < -0.4 is 10.6 Å². The number of aromatic amines is 1. The summed E-state index contributed by atoms with van der Waals surface area (Å²) in [6, 6.07) is 15.0. The van der Waals surface area contributed by atoms with Gasteiger partial charge in [0.05, 0.1) is 30.1 Å². The van der Waals surface area contributed by atoms with Crippen LogP contribution in [0.4, 0.5) is 5.69 Å². The molecule has 1 aliphatic heterocycles. The quantitative estimate of drug-likeness (QED) is 0.659. The summed E-state index contributed by atoms with van der Waals surface area (Å²) in [6.45, 7) is 3.84. The Hall–Kier alpha value is -2.34. The van der Waals surface area contributed by atoms with Crippen LogP contribution in [0.15, 0.2) is 54.9 Å². The van der Waals surface area contributed by atoms with Crippen LogP contribution in [0.1, 0.15) is 23.5 Å². The number of aromatic nitrogens is 2. The second-order valence-electron chi connectivity index (χ2n) is 7.05. The molecular weight excluding hydrogens is 372 g/mol. The van der Waals surface area contributed by atoms with Crippen molar-refractivity contribution in [1.29, 1.82) is 0 Å². The van der Waals surface area contributed by atoms with E-state index in [-0.39, 0.29) is 5.92 Å². The van der Waals surface area contributed by atoms with Gasteiger partial charge in [-0.2, -0.15) is 5.10 Å². The number of nitrogens with one attached hydrogen (secondary N) is 1. The van der Waals surface area contributed by atoms with Gasteiger partial charge in [0.2, 0.25) is 0 Å². The standard InChI is InChI=1S/C22H25ClN4O/c23-21-6-5-18(13-22(21)27-9-11-28-12-10-27)20(7-8-24)17-3-1-16(2-4-17)19-14-25-26-15-19/h1-6,13-15,20H,7-12,24H2,(H,25,26). The second kappa shape index (κ2) is 8.78. The van der Waals surface area contributed by atoms with Gasteiger partial charge < -0.3 is 15.4 Å². The van der Waals surface area contributed by atoms with Gasteiger partial charge in [-0.15, -0.1) is 0 Å². The maximum absolute atomic E-state index is 6.52. The highest BCUT2D eigenvalue weighted by Gasteiger charge is 2.19. The van der Waals surface area contributed by atoms with Crippen LogP contribution in [-0.2, 0) is 4.74 Å². The van der Waals surface area contributed by atoms with Gasteiger partial charge in [-0.05, 0) is 41.8 Å². The number of nitrogens with zero attached hydrogens (tertiary/aromatic N) is 2. The average Bonchev–Trinajstić information content (AvgIpc) is 3.28. The van der Waals surface area contributed by atoms with Crippen LogP contribution >= 0.6 is 11.6 Å². The van der Waals surface area contributed by atoms with E-state index in [1.165, 1.54) is 11.1 Å². The molecule has 1 aliphatic rings. The van der Waals surface area contributed by atoms with Gasteiger partial charge in [0.15, 0.2) is 0 Å². The molecular formula is C22H25ClN4O. The van der Waals surface area contributed by atoms with E-state index in [0.29, 0.717) is 6.54 Å². The van der Waals surface area contributed by atoms with E-state index in [1.807, 2.05) is 18.5 Å². The minimum atomic E-state index is 0.237. The van der Waals surface area contributed by atoms with E-state index in [0.717, 1.165) is 54.6 Å². The topological polar surface area (TPSA) is 67.2 Å². The van der Waals surface area contributed by atoms with Crippen molar-refractivity contribution in [3.63, 3.8) is 0 Å². The summed E-state index contributed by atoms with van der Waals surface area (Å²) in [5.74, 6) is 0.237. The summed E-state index contributed by atoms with van der Waals surface area (Å²) < 4.78 is 5.48. The van der Waals surface area contributed by atoms with Crippen LogP contribution in [0.3, 0.4) is 0 Å².